The summed E-state index contributed by atoms with van der Waals surface area (Å²) in [6.45, 7) is 4.75. The van der Waals surface area contributed by atoms with Crippen LogP contribution in [-0.2, 0) is 4.79 Å². The number of likely N-dealkylation sites (tertiary alicyclic amines) is 1. The molecule has 7 nitrogen and oxygen atoms in total. The van der Waals surface area contributed by atoms with Crippen molar-refractivity contribution in [3.05, 3.63) is 53.6 Å². The average Bonchev–Trinajstić information content (AvgIpc) is 2.83. The highest BCUT2D eigenvalue weighted by atomic mass is 16.6. The van der Waals surface area contributed by atoms with Crippen LogP contribution in [0.1, 0.15) is 41.7 Å². The number of hydrogen-bond donors (Lipinski definition) is 1. The average molecular weight is 439 g/mol. The van der Waals surface area contributed by atoms with E-state index in [0.29, 0.717) is 36.8 Å². The SMILES string of the molecule is COc1ccccc1C(C)NC(=O)CN1CCC(C(=O)c2ccc3c(c2)OCCO3)CC1. The molecule has 0 spiro atoms. The normalized spacial score (nSPS) is 17.4. The molecule has 2 aromatic rings. The van der Waals surface area contributed by atoms with Crippen LogP contribution in [0.4, 0.5) is 0 Å². The van der Waals surface area contributed by atoms with Gasteiger partial charge in [0.15, 0.2) is 17.3 Å². The van der Waals surface area contributed by atoms with Crippen LogP contribution in [0.25, 0.3) is 0 Å². The Kier molecular flexibility index (Phi) is 6.95. The van der Waals surface area contributed by atoms with E-state index in [0.717, 1.165) is 37.2 Å². The molecule has 4 rings (SSSR count). The minimum absolute atomic E-state index is 0.0278. The predicted molar refractivity (Wildman–Crippen MR) is 120 cm³/mol. The van der Waals surface area contributed by atoms with Crippen molar-refractivity contribution in [2.24, 2.45) is 5.92 Å². The Balaban J connectivity index is 1.27. The first-order valence-electron chi connectivity index (χ1n) is 11.1. The highest BCUT2D eigenvalue weighted by Gasteiger charge is 2.28. The van der Waals surface area contributed by atoms with Gasteiger partial charge in [-0.25, -0.2) is 0 Å². The molecule has 1 N–H and O–H groups in total. The summed E-state index contributed by atoms with van der Waals surface area (Å²) >= 11 is 0. The number of nitrogens with zero attached hydrogens (tertiary/aromatic N) is 1. The Morgan fingerprint density at radius 3 is 2.56 bits per heavy atom. The van der Waals surface area contributed by atoms with E-state index in [4.69, 9.17) is 14.2 Å². The van der Waals surface area contributed by atoms with Gasteiger partial charge < -0.3 is 19.5 Å². The molecule has 2 aromatic carbocycles. The van der Waals surface area contributed by atoms with Crippen molar-refractivity contribution in [1.82, 2.24) is 10.2 Å². The van der Waals surface area contributed by atoms with Gasteiger partial charge in [0, 0.05) is 17.0 Å². The molecule has 1 fully saturated rings. The predicted octanol–water partition coefficient (Wildman–Crippen LogP) is 3.24. The fraction of sp³-hybridized carbons (Fsp3) is 0.440. The van der Waals surface area contributed by atoms with E-state index in [1.807, 2.05) is 43.3 Å². The second-order valence-electron chi connectivity index (χ2n) is 8.30. The summed E-state index contributed by atoms with van der Waals surface area (Å²) in [5, 5.41) is 3.05. The zero-order chi connectivity index (χ0) is 22.5. The second-order valence-corrected chi connectivity index (χ2v) is 8.30. The smallest absolute Gasteiger partial charge is 0.234 e. The lowest BCUT2D eigenvalue weighted by Gasteiger charge is -2.31. The van der Waals surface area contributed by atoms with Crippen molar-refractivity contribution < 1.29 is 23.8 Å². The lowest BCUT2D eigenvalue weighted by molar-refractivity contribution is -0.123. The molecule has 0 radical (unpaired) electrons. The van der Waals surface area contributed by atoms with E-state index in [-0.39, 0.29) is 23.7 Å². The summed E-state index contributed by atoms with van der Waals surface area (Å²) in [5.41, 5.74) is 1.61. The van der Waals surface area contributed by atoms with Crippen molar-refractivity contribution in [3.63, 3.8) is 0 Å². The molecule has 1 saturated heterocycles. The van der Waals surface area contributed by atoms with Gasteiger partial charge in [-0.05, 0) is 57.1 Å². The maximum Gasteiger partial charge on any atom is 0.234 e. The van der Waals surface area contributed by atoms with Gasteiger partial charge in [-0.15, -0.1) is 0 Å². The van der Waals surface area contributed by atoms with Crippen LogP contribution in [0.2, 0.25) is 0 Å². The van der Waals surface area contributed by atoms with Crippen LogP contribution in [0.15, 0.2) is 42.5 Å². The van der Waals surface area contributed by atoms with Crippen molar-refractivity contribution in [1.29, 1.82) is 0 Å². The maximum absolute atomic E-state index is 13.0. The topological polar surface area (TPSA) is 77.1 Å². The first kappa shape index (κ1) is 22.1. The zero-order valence-corrected chi connectivity index (χ0v) is 18.6. The summed E-state index contributed by atoms with van der Waals surface area (Å²) < 4.78 is 16.5. The standard InChI is InChI=1S/C25H30N2O5/c1-17(20-5-3-4-6-21(20)30-2)26-24(28)16-27-11-9-18(10-12-27)25(29)19-7-8-22-23(15-19)32-14-13-31-22/h3-8,15,17-18H,9-14,16H2,1-2H3,(H,26,28). The molecule has 0 aromatic heterocycles. The molecule has 32 heavy (non-hydrogen) atoms. The lowest BCUT2D eigenvalue weighted by Crippen LogP contribution is -2.43. The highest BCUT2D eigenvalue weighted by Crippen LogP contribution is 2.32. The van der Waals surface area contributed by atoms with Gasteiger partial charge in [0.2, 0.25) is 5.91 Å². The fourth-order valence-electron chi connectivity index (χ4n) is 4.38. The quantitative estimate of drug-likeness (QED) is 0.669. The minimum Gasteiger partial charge on any atom is -0.496 e. The Hall–Kier alpha value is -3.06. The van der Waals surface area contributed by atoms with Crippen molar-refractivity contribution in [3.8, 4) is 17.2 Å². The number of hydrogen-bond acceptors (Lipinski definition) is 6. The largest absolute Gasteiger partial charge is 0.496 e. The first-order chi connectivity index (χ1) is 15.5. The van der Waals surface area contributed by atoms with Crippen LogP contribution in [0.3, 0.4) is 0 Å². The van der Waals surface area contributed by atoms with Crippen molar-refractivity contribution in [2.45, 2.75) is 25.8 Å². The summed E-state index contributed by atoms with van der Waals surface area (Å²) in [4.78, 5) is 27.7. The number of Topliss-reactive ketones (excluding diaryl/α,β-unsaturated/α-hetero) is 1. The van der Waals surface area contributed by atoms with Crippen LogP contribution < -0.4 is 19.5 Å². The number of amides is 1. The van der Waals surface area contributed by atoms with Gasteiger partial charge in [0.1, 0.15) is 19.0 Å². The molecule has 2 aliphatic rings. The van der Waals surface area contributed by atoms with E-state index >= 15 is 0 Å². The number of ether oxygens (including phenoxy) is 3. The van der Waals surface area contributed by atoms with E-state index in [2.05, 4.69) is 10.2 Å². The van der Waals surface area contributed by atoms with E-state index in [1.54, 1.807) is 13.2 Å². The molecular formula is C25H30N2O5. The maximum atomic E-state index is 13.0. The molecule has 0 bridgehead atoms. The number of benzene rings is 2. The Morgan fingerprint density at radius 2 is 1.81 bits per heavy atom. The van der Waals surface area contributed by atoms with E-state index in [9.17, 15) is 9.59 Å². The van der Waals surface area contributed by atoms with E-state index in [1.165, 1.54) is 0 Å². The number of nitrogens with one attached hydrogen (secondary N) is 1. The zero-order valence-electron chi connectivity index (χ0n) is 18.6. The third-order valence-electron chi connectivity index (χ3n) is 6.14. The Morgan fingerprint density at radius 1 is 1.09 bits per heavy atom. The molecule has 1 unspecified atom stereocenters. The van der Waals surface area contributed by atoms with Crippen molar-refractivity contribution in [2.75, 3.05) is 40.0 Å². The van der Waals surface area contributed by atoms with Crippen LogP contribution >= 0.6 is 0 Å². The van der Waals surface area contributed by atoms with Gasteiger partial charge in [0.25, 0.3) is 0 Å². The van der Waals surface area contributed by atoms with Gasteiger partial charge in [0.05, 0.1) is 19.7 Å². The van der Waals surface area contributed by atoms with Crippen LogP contribution in [0, 0.1) is 5.92 Å². The minimum atomic E-state index is -0.145. The summed E-state index contributed by atoms with van der Waals surface area (Å²) in [6.07, 6.45) is 1.48. The number of para-hydroxylation sites is 1. The first-order valence-corrected chi connectivity index (χ1v) is 11.1. The van der Waals surface area contributed by atoms with Gasteiger partial charge in [-0.1, -0.05) is 18.2 Å². The van der Waals surface area contributed by atoms with Gasteiger partial charge in [-0.3, -0.25) is 14.5 Å². The third kappa shape index (κ3) is 5.05. The molecule has 0 aliphatic carbocycles. The van der Waals surface area contributed by atoms with Crippen molar-refractivity contribution >= 4 is 11.7 Å². The van der Waals surface area contributed by atoms with E-state index < -0.39 is 0 Å². The molecule has 2 aliphatic heterocycles. The Bertz CT molecular complexity index is 969. The Labute approximate surface area is 188 Å². The number of ketones is 1. The molecule has 1 amide bonds. The molecule has 0 saturated carbocycles. The third-order valence-corrected chi connectivity index (χ3v) is 6.14. The summed E-state index contributed by atoms with van der Waals surface area (Å²) in [5.74, 6) is 2.16. The molecule has 170 valence electrons. The van der Waals surface area contributed by atoms with Gasteiger partial charge in [-0.2, -0.15) is 0 Å². The molecular weight excluding hydrogens is 408 g/mol. The van der Waals surface area contributed by atoms with Crippen LogP contribution in [0.5, 0.6) is 17.2 Å². The highest BCUT2D eigenvalue weighted by molar-refractivity contribution is 5.98. The number of piperidine rings is 1. The monoisotopic (exact) mass is 438 g/mol. The number of carbonyl (C=O) groups excluding carboxylic acids is 2. The number of rotatable bonds is 7. The fourth-order valence-corrected chi connectivity index (χ4v) is 4.38. The number of methoxy groups -OCH3 is 1. The number of fused-ring (bicyclic) bond motifs is 1. The molecule has 2 heterocycles. The number of carbonyl (C=O) groups is 2. The van der Waals surface area contributed by atoms with Gasteiger partial charge >= 0.3 is 0 Å². The summed E-state index contributed by atoms with van der Waals surface area (Å²) in [6, 6.07) is 13.0. The molecule has 7 heteroatoms. The molecule has 1 atom stereocenters. The second kappa shape index (κ2) is 10.0. The van der Waals surface area contributed by atoms with Crippen LogP contribution in [-0.4, -0.2) is 56.5 Å². The lowest BCUT2D eigenvalue weighted by atomic mass is 9.88. The summed E-state index contributed by atoms with van der Waals surface area (Å²) in [7, 11) is 1.63.